The van der Waals surface area contributed by atoms with E-state index >= 15 is 0 Å². The molecule has 0 saturated carbocycles. The van der Waals surface area contributed by atoms with Crippen LogP contribution in [0.5, 0.6) is 0 Å². The molecule has 0 bridgehead atoms. The zero-order valence-electron chi connectivity index (χ0n) is 13.3. The van der Waals surface area contributed by atoms with Crippen LogP contribution < -0.4 is 0 Å². The van der Waals surface area contributed by atoms with E-state index in [0.717, 1.165) is 62.2 Å². The molecule has 0 aliphatic carbocycles. The van der Waals surface area contributed by atoms with Gasteiger partial charge in [-0.15, -0.1) is 0 Å². The van der Waals surface area contributed by atoms with E-state index in [1.807, 2.05) is 23.1 Å². The van der Waals surface area contributed by atoms with E-state index < -0.39 is 0 Å². The topological polar surface area (TPSA) is 58.2 Å². The number of para-hydroxylation sites is 2. The van der Waals surface area contributed by atoms with Crippen molar-refractivity contribution in [1.29, 1.82) is 0 Å². The Morgan fingerprint density at radius 1 is 1.30 bits per heavy atom. The molecular formula is C18H23N3O2. The highest BCUT2D eigenvalue weighted by atomic mass is 16.5. The largest absolute Gasteiger partial charge is 0.378 e. The quantitative estimate of drug-likeness (QED) is 0.948. The van der Waals surface area contributed by atoms with Crippen LogP contribution in [0.4, 0.5) is 0 Å². The molecular weight excluding hydrogens is 290 g/mol. The minimum atomic E-state index is 0.133. The standard InChI is InChI=1S/C18H23N3O2/c22-17(11-14-6-4-10-23-14)21-9-3-5-13(12-21)18-19-15-7-1-2-8-16(15)20-18/h1-2,7-8,13-14H,3-6,9-12H2,(H,19,20)/t13-,14+/m1/s1. The van der Waals surface area contributed by atoms with Crippen LogP contribution in [-0.2, 0) is 9.53 Å². The molecule has 2 aliphatic rings. The monoisotopic (exact) mass is 313 g/mol. The summed E-state index contributed by atoms with van der Waals surface area (Å²) in [5, 5.41) is 0. The van der Waals surface area contributed by atoms with Gasteiger partial charge in [0.05, 0.1) is 23.6 Å². The molecule has 2 saturated heterocycles. The number of ether oxygens (including phenoxy) is 1. The third kappa shape index (κ3) is 3.11. The van der Waals surface area contributed by atoms with Crippen molar-refractivity contribution in [3.8, 4) is 0 Å². The lowest BCUT2D eigenvalue weighted by Crippen LogP contribution is -2.40. The third-order valence-electron chi connectivity index (χ3n) is 4.99. The summed E-state index contributed by atoms with van der Waals surface area (Å²) in [6.07, 6.45) is 4.90. The van der Waals surface area contributed by atoms with Gasteiger partial charge in [-0.1, -0.05) is 12.1 Å². The average molecular weight is 313 g/mol. The van der Waals surface area contributed by atoms with Gasteiger partial charge in [-0.05, 0) is 37.8 Å². The Morgan fingerprint density at radius 3 is 3.04 bits per heavy atom. The maximum Gasteiger partial charge on any atom is 0.225 e. The summed E-state index contributed by atoms with van der Waals surface area (Å²) in [4.78, 5) is 22.7. The Morgan fingerprint density at radius 2 is 2.22 bits per heavy atom. The van der Waals surface area contributed by atoms with Crippen molar-refractivity contribution < 1.29 is 9.53 Å². The average Bonchev–Trinajstić information content (AvgIpc) is 3.24. The second-order valence-corrected chi connectivity index (χ2v) is 6.66. The summed E-state index contributed by atoms with van der Waals surface area (Å²) in [5.74, 6) is 1.56. The molecule has 2 aliphatic heterocycles. The van der Waals surface area contributed by atoms with Crippen molar-refractivity contribution >= 4 is 16.9 Å². The highest BCUT2D eigenvalue weighted by Gasteiger charge is 2.29. The Balaban J connectivity index is 1.44. The molecule has 0 unspecified atom stereocenters. The molecule has 0 spiro atoms. The Hall–Kier alpha value is -1.88. The number of carbonyl (C=O) groups excluding carboxylic acids is 1. The first-order chi connectivity index (χ1) is 11.3. The SMILES string of the molecule is O=C(C[C@@H]1CCCO1)N1CCC[C@@H](c2nc3ccccc3[nH]2)C1. The van der Waals surface area contributed by atoms with Gasteiger partial charge in [0.1, 0.15) is 5.82 Å². The molecule has 1 N–H and O–H groups in total. The Labute approximate surface area is 136 Å². The first-order valence-electron chi connectivity index (χ1n) is 8.63. The predicted molar refractivity (Wildman–Crippen MR) is 88.2 cm³/mol. The minimum Gasteiger partial charge on any atom is -0.378 e. The number of amides is 1. The Bertz CT molecular complexity index is 657. The van der Waals surface area contributed by atoms with Crippen molar-refractivity contribution in [3.05, 3.63) is 30.1 Å². The lowest BCUT2D eigenvalue weighted by Gasteiger charge is -2.32. The van der Waals surface area contributed by atoms with Crippen LogP contribution >= 0.6 is 0 Å². The van der Waals surface area contributed by atoms with Crippen molar-refractivity contribution in [1.82, 2.24) is 14.9 Å². The summed E-state index contributed by atoms with van der Waals surface area (Å²) in [7, 11) is 0. The lowest BCUT2D eigenvalue weighted by atomic mass is 9.97. The number of aromatic amines is 1. The van der Waals surface area contributed by atoms with Gasteiger partial charge in [-0.3, -0.25) is 4.79 Å². The molecule has 4 rings (SSSR count). The molecule has 2 aromatic rings. The van der Waals surface area contributed by atoms with Crippen molar-refractivity contribution in [2.75, 3.05) is 19.7 Å². The summed E-state index contributed by atoms with van der Waals surface area (Å²) in [6, 6.07) is 8.10. The van der Waals surface area contributed by atoms with E-state index in [9.17, 15) is 4.79 Å². The maximum atomic E-state index is 12.5. The Kier molecular flexibility index (Phi) is 4.04. The van der Waals surface area contributed by atoms with Gasteiger partial charge < -0.3 is 14.6 Å². The van der Waals surface area contributed by atoms with Crippen LogP contribution in [0.1, 0.15) is 43.8 Å². The summed E-state index contributed by atoms with van der Waals surface area (Å²) in [6.45, 7) is 2.44. The van der Waals surface area contributed by atoms with Crippen molar-refractivity contribution in [2.24, 2.45) is 0 Å². The number of nitrogens with one attached hydrogen (secondary N) is 1. The number of likely N-dealkylation sites (tertiary alicyclic amines) is 1. The number of nitrogens with zero attached hydrogens (tertiary/aromatic N) is 2. The van der Waals surface area contributed by atoms with Gasteiger partial charge in [-0.25, -0.2) is 4.98 Å². The van der Waals surface area contributed by atoms with E-state index in [0.29, 0.717) is 12.3 Å². The van der Waals surface area contributed by atoms with E-state index in [1.165, 1.54) is 0 Å². The van der Waals surface area contributed by atoms with Crippen LogP contribution in [-0.4, -0.2) is 46.6 Å². The van der Waals surface area contributed by atoms with Crippen LogP contribution in [0.15, 0.2) is 24.3 Å². The summed E-state index contributed by atoms with van der Waals surface area (Å²) in [5.41, 5.74) is 2.08. The molecule has 5 nitrogen and oxygen atoms in total. The smallest absolute Gasteiger partial charge is 0.225 e. The number of rotatable bonds is 3. The zero-order chi connectivity index (χ0) is 15.6. The van der Waals surface area contributed by atoms with Gasteiger partial charge in [0, 0.05) is 25.6 Å². The number of benzene rings is 1. The predicted octanol–water partition coefficient (Wildman–Crippen LogP) is 2.84. The molecule has 23 heavy (non-hydrogen) atoms. The fraction of sp³-hybridized carbons (Fsp3) is 0.556. The number of H-pyrrole nitrogens is 1. The molecule has 1 amide bonds. The highest BCUT2D eigenvalue weighted by Crippen LogP contribution is 2.27. The van der Waals surface area contributed by atoms with E-state index in [4.69, 9.17) is 9.72 Å². The fourth-order valence-electron chi connectivity index (χ4n) is 3.72. The minimum absolute atomic E-state index is 0.133. The number of hydrogen-bond donors (Lipinski definition) is 1. The molecule has 1 aromatic heterocycles. The number of hydrogen-bond acceptors (Lipinski definition) is 3. The van der Waals surface area contributed by atoms with Gasteiger partial charge in [0.25, 0.3) is 0 Å². The van der Waals surface area contributed by atoms with E-state index in [1.54, 1.807) is 0 Å². The highest BCUT2D eigenvalue weighted by molar-refractivity contribution is 5.77. The number of carbonyl (C=O) groups is 1. The van der Waals surface area contributed by atoms with Crippen LogP contribution in [0.2, 0.25) is 0 Å². The van der Waals surface area contributed by atoms with E-state index in [2.05, 4.69) is 11.1 Å². The molecule has 1 aromatic carbocycles. The molecule has 2 fully saturated rings. The summed E-state index contributed by atoms with van der Waals surface area (Å²) < 4.78 is 5.60. The number of fused-ring (bicyclic) bond motifs is 1. The lowest BCUT2D eigenvalue weighted by molar-refractivity contribution is -0.134. The van der Waals surface area contributed by atoms with Crippen molar-refractivity contribution in [2.45, 2.75) is 44.1 Å². The van der Waals surface area contributed by atoms with Crippen LogP contribution in [0, 0.1) is 0 Å². The van der Waals surface area contributed by atoms with Gasteiger partial charge >= 0.3 is 0 Å². The molecule has 5 heteroatoms. The van der Waals surface area contributed by atoms with Crippen molar-refractivity contribution in [3.63, 3.8) is 0 Å². The fourth-order valence-corrected chi connectivity index (χ4v) is 3.72. The second-order valence-electron chi connectivity index (χ2n) is 6.66. The maximum absolute atomic E-state index is 12.5. The van der Waals surface area contributed by atoms with Gasteiger partial charge in [0.2, 0.25) is 5.91 Å². The second kappa shape index (κ2) is 6.32. The molecule has 2 atom stereocenters. The first-order valence-corrected chi connectivity index (χ1v) is 8.63. The van der Waals surface area contributed by atoms with E-state index in [-0.39, 0.29) is 12.0 Å². The third-order valence-corrected chi connectivity index (χ3v) is 4.99. The van der Waals surface area contributed by atoms with Crippen LogP contribution in [0.25, 0.3) is 11.0 Å². The van der Waals surface area contributed by atoms with Crippen LogP contribution in [0.3, 0.4) is 0 Å². The first kappa shape index (κ1) is 14.7. The summed E-state index contributed by atoms with van der Waals surface area (Å²) >= 11 is 0. The number of piperidine rings is 1. The molecule has 122 valence electrons. The van der Waals surface area contributed by atoms with Gasteiger partial charge in [-0.2, -0.15) is 0 Å². The zero-order valence-corrected chi connectivity index (χ0v) is 13.3. The number of imidazole rings is 1. The molecule has 3 heterocycles. The van der Waals surface area contributed by atoms with Gasteiger partial charge in [0.15, 0.2) is 0 Å². The molecule has 0 radical (unpaired) electrons. The normalized spacial score (nSPS) is 25.1. The number of aromatic nitrogens is 2.